The summed E-state index contributed by atoms with van der Waals surface area (Å²) < 4.78 is 11.7. The van der Waals surface area contributed by atoms with Gasteiger partial charge in [-0.05, 0) is 25.3 Å². The molecule has 0 fully saturated rings. The van der Waals surface area contributed by atoms with Crippen molar-refractivity contribution in [2.45, 2.75) is 19.8 Å². The largest absolute Gasteiger partial charge is 0.246 e. The van der Waals surface area contributed by atoms with Crippen LogP contribution < -0.4 is 0 Å². The number of rotatable bonds is 3. The van der Waals surface area contributed by atoms with E-state index in [1.165, 1.54) is 0 Å². The van der Waals surface area contributed by atoms with E-state index in [9.17, 15) is 4.39 Å². The molecule has 1 heteroatoms. The molecule has 0 rings (SSSR count). The number of allylic oxidation sites excluding steroid dienone is 2. The van der Waals surface area contributed by atoms with Crippen LogP contribution in [0.1, 0.15) is 19.8 Å². The third kappa shape index (κ3) is 2.78. The quantitative estimate of drug-likeness (QED) is 0.496. The minimum absolute atomic E-state index is 0.313. The molecular weight excluding hydrogens is 103 g/mol. The van der Waals surface area contributed by atoms with Crippen LogP contribution in [0.4, 0.5) is 4.39 Å². The predicted molar refractivity (Wildman–Crippen MR) is 34.3 cm³/mol. The maximum Gasteiger partial charge on any atom is 0.111 e. The summed E-state index contributed by atoms with van der Waals surface area (Å²) in [5.74, 6) is 0. The fraction of sp³-hybridized carbons (Fsp3) is 0.571. The van der Waals surface area contributed by atoms with E-state index in [0.717, 1.165) is 12.0 Å². The van der Waals surface area contributed by atoms with Crippen LogP contribution in [0, 0.1) is 6.92 Å². The van der Waals surface area contributed by atoms with Gasteiger partial charge in [-0.3, -0.25) is 0 Å². The zero-order valence-electron chi connectivity index (χ0n) is 5.28. The molecular formula is C7H12F. The van der Waals surface area contributed by atoms with E-state index in [4.69, 9.17) is 0 Å². The second-order valence-corrected chi connectivity index (χ2v) is 1.64. The molecule has 0 amide bonds. The highest BCUT2D eigenvalue weighted by Crippen LogP contribution is 2.01. The van der Waals surface area contributed by atoms with E-state index in [-0.39, 0.29) is 6.67 Å². The Labute approximate surface area is 50.4 Å². The van der Waals surface area contributed by atoms with E-state index in [1.54, 1.807) is 0 Å². The van der Waals surface area contributed by atoms with Crippen molar-refractivity contribution in [2.75, 3.05) is 6.67 Å². The number of alkyl halides is 1. The van der Waals surface area contributed by atoms with Gasteiger partial charge < -0.3 is 0 Å². The molecule has 8 heavy (non-hydrogen) atoms. The van der Waals surface area contributed by atoms with Crippen LogP contribution >= 0.6 is 0 Å². The molecule has 47 valence electrons. The van der Waals surface area contributed by atoms with E-state index in [2.05, 4.69) is 6.92 Å². The molecule has 0 aromatic heterocycles. The molecule has 0 N–H and O–H groups in total. The molecule has 0 aliphatic carbocycles. The summed E-state index contributed by atoms with van der Waals surface area (Å²) in [5, 5.41) is 0. The Balaban J connectivity index is 3.49. The van der Waals surface area contributed by atoms with Gasteiger partial charge in [-0.25, -0.2) is 4.39 Å². The Morgan fingerprint density at radius 1 is 1.75 bits per heavy atom. The first-order valence-corrected chi connectivity index (χ1v) is 2.88. The average Bonchev–Trinajstić information content (AvgIpc) is 1.83. The molecule has 0 nitrogen and oxygen atoms in total. The van der Waals surface area contributed by atoms with Gasteiger partial charge in [0.15, 0.2) is 0 Å². The fourth-order valence-electron chi connectivity index (χ4n) is 0.498. The van der Waals surface area contributed by atoms with E-state index in [1.807, 2.05) is 13.0 Å². The molecule has 0 unspecified atom stereocenters. The first-order chi connectivity index (χ1) is 3.85. The lowest BCUT2D eigenvalue weighted by Gasteiger charge is -1.92. The maximum absolute atomic E-state index is 11.7. The van der Waals surface area contributed by atoms with Gasteiger partial charge in [0.2, 0.25) is 0 Å². The van der Waals surface area contributed by atoms with Crippen molar-refractivity contribution in [1.82, 2.24) is 0 Å². The zero-order valence-corrected chi connectivity index (χ0v) is 5.28. The predicted octanol–water partition coefficient (Wildman–Crippen LogP) is 2.52. The van der Waals surface area contributed by atoms with Gasteiger partial charge in [-0.15, -0.1) is 0 Å². The van der Waals surface area contributed by atoms with Crippen molar-refractivity contribution >= 4 is 0 Å². The van der Waals surface area contributed by atoms with Crippen LogP contribution in [0.15, 0.2) is 11.6 Å². The molecule has 0 atom stereocenters. The summed E-state index contributed by atoms with van der Waals surface area (Å²) in [5.41, 5.74) is 0.861. The highest BCUT2D eigenvalue weighted by Gasteiger charge is 1.87. The summed E-state index contributed by atoms with van der Waals surface area (Å²) in [6, 6.07) is 0. The zero-order chi connectivity index (χ0) is 6.41. The van der Waals surface area contributed by atoms with Crippen LogP contribution in [0.5, 0.6) is 0 Å². The number of hydrogen-bond donors (Lipinski definition) is 0. The van der Waals surface area contributed by atoms with Crippen LogP contribution in [0.2, 0.25) is 0 Å². The Morgan fingerprint density at radius 3 is 2.50 bits per heavy atom. The van der Waals surface area contributed by atoms with Crippen molar-refractivity contribution in [3.05, 3.63) is 18.6 Å². The molecule has 0 aromatic rings. The van der Waals surface area contributed by atoms with Gasteiger partial charge >= 0.3 is 0 Å². The van der Waals surface area contributed by atoms with Crippen molar-refractivity contribution in [1.29, 1.82) is 0 Å². The van der Waals surface area contributed by atoms with Crippen LogP contribution in [-0.4, -0.2) is 6.67 Å². The summed E-state index contributed by atoms with van der Waals surface area (Å²) in [7, 11) is 0. The van der Waals surface area contributed by atoms with Crippen molar-refractivity contribution in [2.24, 2.45) is 0 Å². The minimum atomic E-state index is -0.313. The van der Waals surface area contributed by atoms with Gasteiger partial charge in [0, 0.05) is 0 Å². The summed E-state index contributed by atoms with van der Waals surface area (Å²) >= 11 is 0. The van der Waals surface area contributed by atoms with Crippen LogP contribution in [-0.2, 0) is 0 Å². The molecule has 0 saturated carbocycles. The topological polar surface area (TPSA) is 0 Å². The highest BCUT2D eigenvalue weighted by molar-refractivity contribution is 5.01. The third-order valence-corrected chi connectivity index (χ3v) is 1.06. The SMILES string of the molecule is [CH2]C/C=C(/CC)CF. The summed E-state index contributed by atoms with van der Waals surface area (Å²) in [6.45, 7) is 5.21. The van der Waals surface area contributed by atoms with Crippen molar-refractivity contribution in [3.8, 4) is 0 Å². The second-order valence-electron chi connectivity index (χ2n) is 1.64. The van der Waals surface area contributed by atoms with Crippen molar-refractivity contribution in [3.63, 3.8) is 0 Å². The van der Waals surface area contributed by atoms with E-state index >= 15 is 0 Å². The van der Waals surface area contributed by atoms with Crippen LogP contribution in [0.25, 0.3) is 0 Å². The molecule has 0 saturated heterocycles. The molecule has 0 aromatic carbocycles. The standard InChI is InChI=1S/C7H12F/c1-3-5-7(4-2)6-8/h5H,1,3-4,6H2,2H3/b7-5-. The summed E-state index contributed by atoms with van der Waals surface area (Å²) in [4.78, 5) is 0. The van der Waals surface area contributed by atoms with Gasteiger partial charge in [0.25, 0.3) is 0 Å². The molecule has 0 heterocycles. The minimum Gasteiger partial charge on any atom is -0.246 e. The lowest BCUT2D eigenvalue weighted by Crippen LogP contribution is -1.80. The van der Waals surface area contributed by atoms with Crippen molar-refractivity contribution < 1.29 is 4.39 Å². The van der Waals surface area contributed by atoms with Gasteiger partial charge in [0.05, 0.1) is 0 Å². The maximum atomic E-state index is 11.7. The van der Waals surface area contributed by atoms with Gasteiger partial charge in [-0.1, -0.05) is 13.0 Å². The Hall–Kier alpha value is -0.330. The smallest absolute Gasteiger partial charge is 0.111 e. The third-order valence-electron chi connectivity index (χ3n) is 1.06. The number of halogens is 1. The lowest BCUT2D eigenvalue weighted by molar-refractivity contribution is 0.534. The lowest BCUT2D eigenvalue weighted by atomic mass is 10.2. The molecule has 0 spiro atoms. The number of hydrogen-bond acceptors (Lipinski definition) is 0. The van der Waals surface area contributed by atoms with Crippen LogP contribution in [0.3, 0.4) is 0 Å². The molecule has 0 aliphatic heterocycles. The first kappa shape index (κ1) is 7.67. The molecule has 0 aliphatic rings. The molecule has 0 bridgehead atoms. The normalized spacial score (nSPS) is 12.1. The van der Waals surface area contributed by atoms with Gasteiger partial charge in [-0.2, -0.15) is 0 Å². The second kappa shape index (κ2) is 4.82. The van der Waals surface area contributed by atoms with Gasteiger partial charge in [0.1, 0.15) is 6.67 Å². The Bertz CT molecular complexity index is 68.5. The highest BCUT2D eigenvalue weighted by atomic mass is 19.1. The first-order valence-electron chi connectivity index (χ1n) is 2.88. The average molecular weight is 115 g/mol. The summed E-state index contributed by atoms with van der Waals surface area (Å²) in [6.07, 6.45) is 3.35. The molecule has 1 radical (unpaired) electrons. The Kier molecular flexibility index (Phi) is 4.62. The monoisotopic (exact) mass is 115 g/mol. The fourth-order valence-corrected chi connectivity index (χ4v) is 0.498. The Morgan fingerprint density at radius 2 is 2.38 bits per heavy atom. The van der Waals surface area contributed by atoms with E-state index < -0.39 is 0 Å². The van der Waals surface area contributed by atoms with E-state index in [0.29, 0.717) is 6.42 Å².